The summed E-state index contributed by atoms with van der Waals surface area (Å²) < 4.78 is 4.72. The molecule has 1 saturated heterocycles. The van der Waals surface area contributed by atoms with E-state index in [2.05, 4.69) is 17.0 Å². The van der Waals surface area contributed by atoms with Gasteiger partial charge in [-0.25, -0.2) is 0 Å². The van der Waals surface area contributed by atoms with Crippen molar-refractivity contribution in [3.05, 3.63) is 34.9 Å². The molecule has 0 atom stereocenters. The highest BCUT2D eigenvalue weighted by molar-refractivity contribution is 6.30. The summed E-state index contributed by atoms with van der Waals surface area (Å²) in [7, 11) is 1.46. The lowest BCUT2D eigenvalue weighted by molar-refractivity contribution is -0.142. The Labute approximate surface area is 126 Å². The van der Waals surface area contributed by atoms with Gasteiger partial charge in [0.15, 0.2) is 0 Å². The van der Waals surface area contributed by atoms with Crippen molar-refractivity contribution in [2.75, 3.05) is 20.2 Å². The van der Waals surface area contributed by atoms with Crippen LogP contribution in [-0.2, 0) is 16.1 Å². The van der Waals surface area contributed by atoms with Crippen LogP contribution < -0.4 is 0 Å². The molecule has 0 spiro atoms. The van der Waals surface area contributed by atoms with Crippen molar-refractivity contribution in [2.24, 2.45) is 5.92 Å². The minimum atomic E-state index is -0.0869. The molecular weight excluding hydrogens is 274 g/mol. The molecule has 0 N–H and O–H groups in total. The van der Waals surface area contributed by atoms with E-state index >= 15 is 0 Å². The van der Waals surface area contributed by atoms with Crippen LogP contribution >= 0.6 is 11.6 Å². The minimum Gasteiger partial charge on any atom is -0.469 e. The number of likely N-dealkylation sites (tertiary alicyclic amines) is 1. The largest absolute Gasteiger partial charge is 0.469 e. The van der Waals surface area contributed by atoms with Crippen molar-refractivity contribution in [3.8, 4) is 0 Å². The fourth-order valence-corrected chi connectivity index (χ4v) is 2.64. The Kier molecular flexibility index (Phi) is 7.03. The van der Waals surface area contributed by atoms with E-state index in [0.29, 0.717) is 12.3 Å². The maximum atomic E-state index is 11.2. The number of ether oxygens (including phenoxy) is 1. The van der Waals surface area contributed by atoms with Crippen LogP contribution in [0.25, 0.3) is 0 Å². The van der Waals surface area contributed by atoms with E-state index < -0.39 is 0 Å². The van der Waals surface area contributed by atoms with Crippen LogP contribution in [0.15, 0.2) is 24.3 Å². The smallest absolute Gasteiger partial charge is 0.305 e. The van der Waals surface area contributed by atoms with Gasteiger partial charge in [0, 0.05) is 18.0 Å². The Morgan fingerprint density at radius 3 is 2.45 bits per heavy atom. The summed E-state index contributed by atoms with van der Waals surface area (Å²) in [6.45, 7) is 3.05. The normalized spacial score (nSPS) is 16.5. The Morgan fingerprint density at radius 2 is 1.90 bits per heavy atom. The Morgan fingerprint density at radius 1 is 1.30 bits per heavy atom. The van der Waals surface area contributed by atoms with Gasteiger partial charge in [-0.15, -0.1) is 0 Å². The van der Waals surface area contributed by atoms with E-state index in [1.54, 1.807) is 0 Å². The standard InChI is InChI=1S/C15H20ClNO2.CH4/c1-19-15(18)10-12-6-8-17(9-7-12)11-13-2-4-14(16)5-3-13;/h2-5,12H,6-11H2,1H3;1H4. The molecule has 1 aromatic carbocycles. The quantitative estimate of drug-likeness (QED) is 0.793. The van der Waals surface area contributed by atoms with Crippen molar-refractivity contribution in [1.29, 1.82) is 0 Å². The molecule has 0 saturated carbocycles. The summed E-state index contributed by atoms with van der Waals surface area (Å²) in [5.41, 5.74) is 1.29. The fourth-order valence-electron chi connectivity index (χ4n) is 2.52. The first-order valence-electron chi connectivity index (χ1n) is 6.71. The first-order chi connectivity index (χ1) is 9.17. The molecule has 2 rings (SSSR count). The van der Waals surface area contributed by atoms with Gasteiger partial charge in [0.1, 0.15) is 0 Å². The lowest BCUT2D eigenvalue weighted by Gasteiger charge is -2.31. The third kappa shape index (κ3) is 5.14. The van der Waals surface area contributed by atoms with Crippen molar-refractivity contribution < 1.29 is 9.53 Å². The van der Waals surface area contributed by atoms with Crippen LogP contribution in [0, 0.1) is 5.92 Å². The first kappa shape index (κ1) is 17.0. The van der Waals surface area contributed by atoms with E-state index in [4.69, 9.17) is 16.3 Å². The monoisotopic (exact) mass is 297 g/mol. The lowest BCUT2D eigenvalue weighted by atomic mass is 9.93. The predicted octanol–water partition coefficient (Wildman–Crippen LogP) is 3.75. The molecule has 112 valence electrons. The van der Waals surface area contributed by atoms with Crippen molar-refractivity contribution >= 4 is 17.6 Å². The number of esters is 1. The second-order valence-corrected chi connectivity index (χ2v) is 5.56. The van der Waals surface area contributed by atoms with Gasteiger partial charge in [0.25, 0.3) is 0 Å². The zero-order valence-electron chi connectivity index (χ0n) is 11.3. The molecule has 0 aromatic heterocycles. The highest BCUT2D eigenvalue weighted by Gasteiger charge is 2.21. The van der Waals surface area contributed by atoms with Crippen LogP contribution in [0.1, 0.15) is 32.3 Å². The van der Waals surface area contributed by atoms with E-state index in [1.807, 2.05) is 12.1 Å². The molecule has 1 aliphatic rings. The van der Waals surface area contributed by atoms with Crippen molar-refractivity contribution in [2.45, 2.75) is 33.2 Å². The molecule has 0 aliphatic carbocycles. The number of carbonyl (C=O) groups is 1. The zero-order valence-corrected chi connectivity index (χ0v) is 12.0. The molecule has 0 bridgehead atoms. The van der Waals surface area contributed by atoms with Crippen LogP contribution in [0.4, 0.5) is 0 Å². The van der Waals surface area contributed by atoms with E-state index in [0.717, 1.165) is 37.5 Å². The number of hydrogen-bond donors (Lipinski definition) is 0. The van der Waals surface area contributed by atoms with Gasteiger partial charge < -0.3 is 4.74 Å². The first-order valence-corrected chi connectivity index (χ1v) is 7.09. The highest BCUT2D eigenvalue weighted by atomic mass is 35.5. The van der Waals surface area contributed by atoms with E-state index in [-0.39, 0.29) is 13.4 Å². The van der Waals surface area contributed by atoms with Gasteiger partial charge in [-0.1, -0.05) is 31.2 Å². The molecule has 3 nitrogen and oxygen atoms in total. The predicted molar refractivity (Wildman–Crippen MR) is 82.8 cm³/mol. The average Bonchev–Trinajstić information content (AvgIpc) is 2.43. The summed E-state index contributed by atoms with van der Waals surface area (Å²) in [4.78, 5) is 13.7. The van der Waals surface area contributed by atoms with Gasteiger partial charge in [-0.2, -0.15) is 0 Å². The maximum Gasteiger partial charge on any atom is 0.305 e. The van der Waals surface area contributed by atoms with E-state index in [1.165, 1.54) is 12.7 Å². The van der Waals surface area contributed by atoms with E-state index in [9.17, 15) is 4.79 Å². The molecule has 1 aromatic rings. The third-order valence-corrected chi connectivity index (χ3v) is 3.96. The number of nitrogens with zero attached hydrogens (tertiary/aromatic N) is 1. The highest BCUT2D eigenvalue weighted by Crippen LogP contribution is 2.22. The van der Waals surface area contributed by atoms with Crippen molar-refractivity contribution in [3.63, 3.8) is 0 Å². The Bertz CT molecular complexity index is 411. The van der Waals surface area contributed by atoms with Gasteiger partial charge in [-0.05, 0) is 49.5 Å². The molecule has 4 heteroatoms. The summed E-state index contributed by atoms with van der Waals surface area (Å²) in [6, 6.07) is 8.01. The van der Waals surface area contributed by atoms with Gasteiger partial charge in [0.05, 0.1) is 7.11 Å². The van der Waals surface area contributed by atoms with Crippen LogP contribution in [0.2, 0.25) is 5.02 Å². The molecule has 0 radical (unpaired) electrons. The van der Waals surface area contributed by atoms with Gasteiger partial charge in [0.2, 0.25) is 0 Å². The molecule has 0 amide bonds. The number of rotatable bonds is 4. The SMILES string of the molecule is C.COC(=O)CC1CCN(Cc2ccc(Cl)cc2)CC1. The zero-order chi connectivity index (χ0) is 13.7. The Hall–Kier alpha value is -1.06. The number of benzene rings is 1. The summed E-state index contributed by atoms with van der Waals surface area (Å²) >= 11 is 5.88. The topological polar surface area (TPSA) is 29.5 Å². The summed E-state index contributed by atoms with van der Waals surface area (Å²) in [6.07, 6.45) is 2.71. The minimum absolute atomic E-state index is 0. The number of hydrogen-bond acceptors (Lipinski definition) is 3. The second kappa shape index (κ2) is 8.28. The number of carbonyl (C=O) groups excluding carboxylic acids is 1. The Balaban J connectivity index is 0.00000200. The fraction of sp³-hybridized carbons (Fsp3) is 0.562. The number of piperidine rings is 1. The van der Waals surface area contributed by atoms with Crippen molar-refractivity contribution in [1.82, 2.24) is 4.90 Å². The maximum absolute atomic E-state index is 11.2. The molecule has 0 unspecified atom stereocenters. The summed E-state index contributed by atoms with van der Waals surface area (Å²) in [5.74, 6) is 0.394. The lowest BCUT2D eigenvalue weighted by Crippen LogP contribution is -2.34. The van der Waals surface area contributed by atoms with Crippen LogP contribution in [0.3, 0.4) is 0 Å². The number of methoxy groups -OCH3 is 1. The average molecular weight is 298 g/mol. The molecular formula is C16H24ClNO2. The number of halogens is 1. The van der Waals surface area contributed by atoms with Gasteiger partial charge in [-0.3, -0.25) is 9.69 Å². The molecule has 1 heterocycles. The van der Waals surface area contributed by atoms with Crippen LogP contribution in [-0.4, -0.2) is 31.1 Å². The molecule has 20 heavy (non-hydrogen) atoms. The second-order valence-electron chi connectivity index (χ2n) is 5.13. The third-order valence-electron chi connectivity index (χ3n) is 3.71. The van der Waals surface area contributed by atoms with Gasteiger partial charge >= 0.3 is 5.97 Å². The molecule has 1 aliphatic heterocycles. The molecule has 1 fully saturated rings. The van der Waals surface area contributed by atoms with Crippen LogP contribution in [0.5, 0.6) is 0 Å². The summed E-state index contributed by atoms with van der Waals surface area (Å²) in [5, 5.41) is 0.778.